The summed E-state index contributed by atoms with van der Waals surface area (Å²) in [5.74, 6) is -0.422. The number of nitrogens with zero attached hydrogens (tertiary/aromatic N) is 1. The fourth-order valence-electron chi connectivity index (χ4n) is 2.89. The Morgan fingerprint density at radius 1 is 1.43 bits per heavy atom. The maximum atomic E-state index is 12.4. The number of nitrogen functional groups attached to an aromatic ring is 1. The van der Waals surface area contributed by atoms with Crippen LogP contribution in [0.4, 0.5) is 11.4 Å². The van der Waals surface area contributed by atoms with Crippen molar-refractivity contribution in [2.24, 2.45) is 5.41 Å². The van der Waals surface area contributed by atoms with Crippen LogP contribution in [-0.2, 0) is 0 Å². The highest BCUT2D eigenvalue weighted by molar-refractivity contribution is 5.99. The molecule has 1 aliphatic carbocycles. The molecule has 1 atom stereocenters. The molecule has 0 aromatic heterocycles. The molecule has 21 heavy (non-hydrogen) atoms. The van der Waals surface area contributed by atoms with E-state index in [1.54, 1.807) is 0 Å². The van der Waals surface area contributed by atoms with E-state index in [9.17, 15) is 14.9 Å². The minimum atomic E-state index is -0.555. The van der Waals surface area contributed by atoms with Crippen molar-refractivity contribution in [3.8, 4) is 0 Å². The number of benzene rings is 1. The molecular weight excluding hydrogens is 270 g/mol. The van der Waals surface area contributed by atoms with E-state index in [1.807, 2.05) is 0 Å². The highest BCUT2D eigenvalue weighted by atomic mass is 16.6. The van der Waals surface area contributed by atoms with Gasteiger partial charge in [0.2, 0.25) is 0 Å². The van der Waals surface area contributed by atoms with Gasteiger partial charge in [0.05, 0.1) is 4.92 Å². The molecule has 1 aromatic carbocycles. The van der Waals surface area contributed by atoms with Crippen molar-refractivity contribution >= 4 is 17.3 Å². The van der Waals surface area contributed by atoms with E-state index in [-0.39, 0.29) is 22.7 Å². The van der Waals surface area contributed by atoms with Gasteiger partial charge in [0.1, 0.15) is 5.56 Å². The molecule has 114 valence electrons. The Hall–Kier alpha value is -2.11. The summed E-state index contributed by atoms with van der Waals surface area (Å²) < 4.78 is 0. The first-order chi connectivity index (χ1) is 9.81. The first-order valence-corrected chi connectivity index (χ1v) is 7.16. The number of carbonyl (C=O) groups is 1. The molecule has 2 rings (SSSR count). The van der Waals surface area contributed by atoms with E-state index in [0.29, 0.717) is 5.69 Å². The molecule has 1 saturated carbocycles. The van der Waals surface area contributed by atoms with Gasteiger partial charge >= 0.3 is 0 Å². The van der Waals surface area contributed by atoms with Gasteiger partial charge in [-0.05, 0) is 30.4 Å². The lowest BCUT2D eigenvalue weighted by Gasteiger charge is -2.39. The fourth-order valence-corrected chi connectivity index (χ4v) is 2.89. The standard InChI is InChI=1S/C15H21N3O3/c1-15(2)8-4-3-5-13(15)17-14(19)11-9-10(16)6-7-12(11)18(20)21/h6-7,9,13H,3-5,8,16H2,1-2H3,(H,17,19). The average molecular weight is 291 g/mol. The molecule has 0 spiro atoms. The second kappa shape index (κ2) is 5.71. The Morgan fingerprint density at radius 3 is 2.76 bits per heavy atom. The van der Waals surface area contributed by atoms with Crippen LogP contribution in [0.5, 0.6) is 0 Å². The van der Waals surface area contributed by atoms with E-state index < -0.39 is 10.8 Å². The zero-order chi connectivity index (χ0) is 15.6. The fraction of sp³-hybridized carbons (Fsp3) is 0.533. The number of anilines is 1. The minimum absolute atomic E-state index is 0.00299. The van der Waals surface area contributed by atoms with Gasteiger partial charge in [-0.15, -0.1) is 0 Å². The number of amides is 1. The number of nitrogens with one attached hydrogen (secondary N) is 1. The van der Waals surface area contributed by atoms with Crippen molar-refractivity contribution in [2.45, 2.75) is 45.6 Å². The number of hydrogen-bond donors (Lipinski definition) is 2. The predicted octanol–water partition coefficient (Wildman–Crippen LogP) is 2.88. The van der Waals surface area contributed by atoms with Crippen LogP contribution in [-0.4, -0.2) is 16.9 Å². The Kier molecular flexibility index (Phi) is 4.16. The van der Waals surface area contributed by atoms with E-state index >= 15 is 0 Å². The number of rotatable bonds is 3. The predicted molar refractivity (Wildman–Crippen MR) is 81.0 cm³/mol. The highest BCUT2D eigenvalue weighted by Gasteiger charge is 2.34. The van der Waals surface area contributed by atoms with Gasteiger partial charge in [-0.1, -0.05) is 26.7 Å². The Morgan fingerprint density at radius 2 is 2.14 bits per heavy atom. The van der Waals surface area contributed by atoms with Crippen LogP contribution in [0.3, 0.4) is 0 Å². The molecule has 1 amide bonds. The van der Waals surface area contributed by atoms with E-state index in [4.69, 9.17) is 5.73 Å². The average Bonchev–Trinajstić information content (AvgIpc) is 2.40. The molecule has 0 heterocycles. The van der Waals surface area contributed by atoms with E-state index in [0.717, 1.165) is 25.7 Å². The van der Waals surface area contributed by atoms with Gasteiger partial charge in [0.25, 0.3) is 11.6 Å². The molecule has 1 unspecified atom stereocenters. The van der Waals surface area contributed by atoms with Crippen LogP contribution in [0.25, 0.3) is 0 Å². The molecule has 0 bridgehead atoms. The zero-order valence-electron chi connectivity index (χ0n) is 12.4. The van der Waals surface area contributed by atoms with Crippen molar-refractivity contribution in [3.05, 3.63) is 33.9 Å². The van der Waals surface area contributed by atoms with Gasteiger partial charge in [-0.3, -0.25) is 14.9 Å². The van der Waals surface area contributed by atoms with E-state index in [1.165, 1.54) is 18.2 Å². The topological polar surface area (TPSA) is 98.3 Å². The van der Waals surface area contributed by atoms with Gasteiger partial charge < -0.3 is 11.1 Å². The van der Waals surface area contributed by atoms with Crippen LogP contribution >= 0.6 is 0 Å². The van der Waals surface area contributed by atoms with Crippen molar-refractivity contribution in [1.82, 2.24) is 5.32 Å². The number of nitro benzene ring substituents is 1. The number of carbonyl (C=O) groups excluding carboxylic acids is 1. The third kappa shape index (κ3) is 3.32. The van der Waals surface area contributed by atoms with Crippen LogP contribution in [0, 0.1) is 15.5 Å². The summed E-state index contributed by atoms with van der Waals surface area (Å²) in [6, 6.07) is 4.10. The lowest BCUT2D eigenvalue weighted by atomic mass is 9.73. The SMILES string of the molecule is CC1(C)CCCCC1NC(=O)c1cc(N)ccc1[N+](=O)[O-]. The summed E-state index contributed by atoms with van der Waals surface area (Å²) in [5, 5.41) is 14.0. The second-order valence-corrected chi connectivity index (χ2v) is 6.29. The summed E-state index contributed by atoms with van der Waals surface area (Å²) in [4.78, 5) is 22.9. The maximum Gasteiger partial charge on any atom is 0.282 e. The summed E-state index contributed by atoms with van der Waals surface area (Å²) in [6.07, 6.45) is 4.15. The first kappa shape index (κ1) is 15.3. The summed E-state index contributed by atoms with van der Waals surface area (Å²) in [6.45, 7) is 4.23. The van der Waals surface area contributed by atoms with Crippen molar-refractivity contribution in [2.75, 3.05) is 5.73 Å². The molecule has 0 saturated heterocycles. The van der Waals surface area contributed by atoms with Gasteiger partial charge in [0.15, 0.2) is 0 Å². The first-order valence-electron chi connectivity index (χ1n) is 7.16. The lowest BCUT2D eigenvalue weighted by molar-refractivity contribution is -0.385. The molecule has 1 aliphatic rings. The van der Waals surface area contributed by atoms with E-state index in [2.05, 4.69) is 19.2 Å². The van der Waals surface area contributed by atoms with Crippen molar-refractivity contribution in [1.29, 1.82) is 0 Å². The minimum Gasteiger partial charge on any atom is -0.399 e. The van der Waals surface area contributed by atoms with Gasteiger partial charge in [0, 0.05) is 17.8 Å². The maximum absolute atomic E-state index is 12.4. The molecule has 6 nitrogen and oxygen atoms in total. The monoisotopic (exact) mass is 291 g/mol. The van der Waals surface area contributed by atoms with Crippen LogP contribution in [0.1, 0.15) is 49.9 Å². The molecule has 1 aromatic rings. The molecule has 0 aliphatic heterocycles. The Bertz CT molecular complexity index is 569. The van der Waals surface area contributed by atoms with Crippen LogP contribution < -0.4 is 11.1 Å². The number of nitro groups is 1. The largest absolute Gasteiger partial charge is 0.399 e. The van der Waals surface area contributed by atoms with Crippen molar-refractivity contribution in [3.63, 3.8) is 0 Å². The molecule has 6 heteroatoms. The summed E-state index contributed by atoms with van der Waals surface area (Å²) in [7, 11) is 0. The van der Waals surface area contributed by atoms with Gasteiger partial charge in [-0.25, -0.2) is 0 Å². The Balaban J connectivity index is 2.24. The molecule has 1 fully saturated rings. The molecule has 3 N–H and O–H groups in total. The summed E-state index contributed by atoms with van der Waals surface area (Å²) >= 11 is 0. The van der Waals surface area contributed by atoms with Crippen LogP contribution in [0.15, 0.2) is 18.2 Å². The second-order valence-electron chi connectivity index (χ2n) is 6.29. The summed E-state index contributed by atoms with van der Waals surface area (Å²) in [5.41, 5.74) is 5.81. The Labute approximate surface area is 123 Å². The highest BCUT2D eigenvalue weighted by Crippen LogP contribution is 2.35. The lowest BCUT2D eigenvalue weighted by Crippen LogP contribution is -2.46. The number of hydrogen-bond acceptors (Lipinski definition) is 4. The third-order valence-electron chi connectivity index (χ3n) is 4.27. The zero-order valence-corrected chi connectivity index (χ0v) is 12.4. The van der Waals surface area contributed by atoms with Crippen LogP contribution in [0.2, 0.25) is 0 Å². The normalized spacial score (nSPS) is 20.8. The third-order valence-corrected chi connectivity index (χ3v) is 4.27. The smallest absolute Gasteiger partial charge is 0.282 e. The quantitative estimate of drug-likeness (QED) is 0.508. The molecular formula is C15H21N3O3. The number of nitrogens with two attached hydrogens (primary N) is 1. The molecule has 0 radical (unpaired) electrons. The van der Waals surface area contributed by atoms with Crippen molar-refractivity contribution < 1.29 is 9.72 Å². The van der Waals surface area contributed by atoms with Gasteiger partial charge in [-0.2, -0.15) is 0 Å².